The molecule has 1 saturated heterocycles. The Morgan fingerprint density at radius 3 is 2.26 bits per heavy atom. The van der Waals surface area contributed by atoms with Gasteiger partial charge in [0, 0.05) is 6.04 Å². The van der Waals surface area contributed by atoms with Crippen molar-refractivity contribution in [3.63, 3.8) is 0 Å². The van der Waals surface area contributed by atoms with Crippen LogP contribution in [0.25, 0.3) is 0 Å². The highest BCUT2D eigenvalue weighted by Crippen LogP contribution is 2.42. The molecule has 19 heavy (non-hydrogen) atoms. The molecule has 1 aliphatic heterocycles. The number of hydrogen-bond donors (Lipinski definition) is 2. The molecule has 1 aromatic carbocycles. The Kier molecular flexibility index (Phi) is 3.15. The number of benzene rings is 1. The Balaban J connectivity index is 1.73. The number of fused-ring (bicyclic) bond motifs is 1. The third-order valence-electron chi connectivity index (χ3n) is 4.24. The smallest absolute Gasteiger partial charge is 0.240 e. The van der Waals surface area contributed by atoms with Gasteiger partial charge in [-0.15, -0.1) is 0 Å². The summed E-state index contributed by atoms with van der Waals surface area (Å²) >= 11 is 0. The van der Waals surface area contributed by atoms with Crippen molar-refractivity contribution < 1.29 is 8.42 Å². The molecule has 4 nitrogen and oxygen atoms in total. The van der Waals surface area contributed by atoms with E-state index in [4.69, 9.17) is 0 Å². The monoisotopic (exact) mass is 280 g/mol. The molecule has 1 aliphatic carbocycles. The van der Waals surface area contributed by atoms with Gasteiger partial charge in [-0.1, -0.05) is 26.0 Å². The first-order chi connectivity index (χ1) is 8.99. The first-order valence-electron chi connectivity index (χ1n) is 6.82. The van der Waals surface area contributed by atoms with Gasteiger partial charge in [0.2, 0.25) is 10.0 Å². The third kappa shape index (κ3) is 2.42. The molecule has 0 spiro atoms. The van der Waals surface area contributed by atoms with Gasteiger partial charge in [-0.05, 0) is 48.5 Å². The van der Waals surface area contributed by atoms with E-state index < -0.39 is 10.0 Å². The minimum atomic E-state index is -3.36. The van der Waals surface area contributed by atoms with Gasteiger partial charge in [-0.2, -0.15) is 0 Å². The van der Waals surface area contributed by atoms with Crippen molar-refractivity contribution in [1.82, 2.24) is 10.0 Å². The van der Waals surface area contributed by atoms with Gasteiger partial charge in [0.25, 0.3) is 0 Å². The van der Waals surface area contributed by atoms with E-state index in [1.54, 1.807) is 12.1 Å². The highest BCUT2D eigenvalue weighted by atomic mass is 32.2. The van der Waals surface area contributed by atoms with E-state index >= 15 is 0 Å². The van der Waals surface area contributed by atoms with Gasteiger partial charge in [-0.3, -0.25) is 0 Å². The van der Waals surface area contributed by atoms with Gasteiger partial charge >= 0.3 is 0 Å². The average Bonchev–Trinajstić information content (AvgIpc) is 2.82. The molecule has 3 rings (SSSR count). The van der Waals surface area contributed by atoms with Gasteiger partial charge in [-0.25, -0.2) is 13.1 Å². The molecule has 1 aromatic rings. The number of sulfonamides is 1. The van der Waals surface area contributed by atoms with E-state index in [0.717, 1.165) is 18.7 Å². The van der Waals surface area contributed by atoms with E-state index in [2.05, 4.69) is 23.9 Å². The fourth-order valence-corrected chi connectivity index (χ4v) is 4.21. The van der Waals surface area contributed by atoms with Gasteiger partial charge in [0.05, 0.1) is 4.90 Å². The Bertz CT molecular complexity index is 556. The summed E-state index contributed by atoms with van der Waals surface area (Å²) in [7, 11) is -3.36. The molecule has 0 radical (unpaired) electrons. The molecule has 0 bridgehead atoms. The second-order valence-corrected chi connectivity index (χ2v) is 7.57. The van der Waals surface area contributed by atoms with Crippen LogP contribution in [0.2, 0.25) is 0 Å². The van der Waals surface area contributed by atoms with E-state index in [1.165, 1.54) is 0 Å². The lowest BCUT2D eigenvalue weighted by molar-refractivity contribution is 0.565. The standard InChI is InChI=1S/C14H20N2O2S/c1-9(2)10-3-5-11(6-4-10)19(17,18)16-14-12-7-15-8-13(12)14/h3-6,9,12-16H,7-8H2,1-2H3. The minimum Gasteiger partial charge on any atom is -0.316 e. The Hall–Kier alpha value is -0.910. The van der Waals surface area contributed by atoms with Crippen LogP contribution in [0.15, 0.2) is 29.2 Å². The third-order valence-corrected chi connectivity index (χ3v) is 5.72. The normalized spacial score (nSPS) is 29.5. The molecule has 2 aliphatic rings. The van der Waals surface area contributed by atoms with Crippen molar-refractivity contribution in [1.29, 1.82) is 0 Å². The fraction of sp³-hybridized carbons (Fsp3) is 0.571. The number of hydrogen-bond acceptors (Lipinski definition) is 3. The number of piperidine rings is 1. The second-order valence-electron chi connectivity index (χ2n) is 5.86. The lowest BCUT2D eigenvalue weighted by atomic mass is 10.0. The molecule has 1 heterocycles. The summed E-state index contributed by atoms with van der Waals surface area (Å²) < 4.78 is 27.4. The summed E-state index contributed by atoms with van der Waals surface area (Å²) in [6.45, 7) is 6.06. The zero-order chi connectivity index (χ0) is 13.6. The Morgan fingerprint density at radius 1 is 1.16 bits per heavy atom. The molecule has 2 fully saturated rings. The predicted molar refractivity (Wildman–Crippen MR) is 74.5 cm³/mol. The van der Waals surface area contributed by atoms with Crippen molar-refractivity contribution in [3.05, 3.63) is 29.8 Å². The highest BCUT2D eigenvalue weighted by Gasteiger charge is 2.54. The molecule has 0 amide bonds. The van der Waals surface area contributed by atoms with Gasteiger partial charge in [0.15, 0.2) is 0 Å². The van der Waals surface area contributed by atoms with Crippen LogP contribution >= 0.6 is 0 Å². The maximum absolute atomic E-state index is 12.3. The lowest BCUT2D eigenvalue weighted by Gasteiger charge is -2.10. The maximum Gasteiger partial charge on any atom is 0.240 e. The van der Waals surface area contributed by atoms with E-state index in [1.807, 2.05) is 12.1 Å². The maximum atomic E-state index is 12.3. The number of nitrogens with one attached hydrogen (secondary N) is 2. The van der Waals surface area contributed by atoms with Crippen LogP contribution in [0.4, 0.5) is 0 Å². The van der Waals surface area contributed by atoms with Crippen LogP contribution in [0.3, 0.4) is 0 Å². The van der Waals surface area contributed by atoms with Crippen molar-refractivity contribution in [3.8, 4) is 0 Å². The van der Waals surface area contributed by atoms with Crippen LogP contribution in [0, 0.1) is 11.8 Å². The SMILES string of the molecule is CC(C)c1ccc(S(=O)(=O)NC2C3CNCC32)cc1. The van der Waals surface area contributed by atoms with E-state index in [-0.39, 0.29) is 6.04 Å². The summed E-state index contributed by atoms with van der Waals surface area (Å²) in [4.78, 5) is 0.370. The molecule has 0 aromatic heterocycles. The summed E-state index contributed by atoms with van der Waals surface area (Å²) in [6.07, 6.45) is 0. The first kappa shape index (κ1) is 13.1. The first-order valence-corrected chi connectivity index (χ1v) is 8.30. The van der Waals surface area contributed by atoms with Crippen LogP contribution < -0.4 is 10.0 Å². The molecule has 2 unspecified atom stereocenters. The second kappa shape index (κ2) is 4.58. The topological polar surface area (TPSA) is 58.2 Å². The number of rotatable bonds is 4. The molecular weight excluding hydrogens is 260 g/mol. The molecular formula is C14H20N2O2S. The zero-order valence-corrected chi connectivity index (χ0v) is 12.1. The zero-order valence-electron chi connectivity index (χ0n) is 11.3. The van der Waals surface area contributed by atoms with Gasteiger partial charge < -0.3 is 5.32 Å². The molecule has 5 heteroatoms. The summed E-state index contributed by atoms with van der Waals surface area (Å²) in [5, 5.41) is 3.26. The molecule has 104 valence electrons. The predicted octanol–water partition coefficient (Wildman–Crippen LogP) is 1.31. The highest BCUT2D eigenvalue weighted by molar-refractivity contribution is 7.89. The summed E-state index contributed by atoms with van der Waals surface area (Å²) in [5.74, 6) is 1.40. The van der Waals surface area contributed by atoms with E-state index in [9.17, 15) is 8.42 Å². The summed E-state index contributed by atoms with van der Waals surface area (Å²) in [6, 6.07) is 7.33. The van der Waals surface area contributed by atoms with Crippen LogP contribution in [-0.4, -0.2) is 27.5 Å². The molecule has 1 saturated carbocycles. The Labute approximate surface area is 114 Å². The molecule has 2 atom stereocenters. The largest absolute Gasteiger partial charge is 0.316 e. The van der Waals surface area contributed by atoms with Crippen LogP contribution in [0.1, 0.15) is 25.3 Å². The Morgan fingerprint density at radius 2 is 1.74 bits per heavy atom. The summed E-state index contributed by atoms with van der Waals surface area (Å²) in [5.41, 5.74) is 1.16. The van der Waals surface area contributed by atoms with Crippen LogP contribution in [-0.2, 0) is 10.0 Å². The van der Waals surface area contributed by atoms with Crippen LogP contribution in [0.5, 0.6) is 0 Å². The fourth-order valence-electron chi connectivity index (χ4n) is 2.87. The van der Waals surface area contributed by atoms with Crippen molar-refractivity contribution >= 4 is 10.0 Å². The lowest BCUT2D eigenvalue weighted by Crippen LogP contribution is -2.32. The average molecular weight is 280 g/mol. The van der Waals surface area contributed by atoms with E-state index in [0.29, 0.717) is 22.6 Å². The minimum absolute atomic E-state index is 0.135. The van der Waals surface area contributed by atoms with Crippen molar-refractivity contribution in [2.45, 2.75) is 30.7 Å². The van der Waals surface area contributed by atoms with Crippen molar-refractivity contribution in [2.75, 3.05) is 13.1 Å². The molecule has 2 N–H and O–H groups in total. The van der Waals surface area contributed by atoms with Gasteiger partial charge in [0.1, 0.15) is 0 Å². The quantitative estimate of drug-likeness (QED) is 0.874. The van der Waals surface area contributed by atoms with Crippen molar-refractivity contribution in [2.24, 2.45) is 11.8 Å².